The summed E-state index contributed by atoms with van der Waals surface area (Å²) >= 11 is 0. The lowest BCUT2D eigenvalue weighted by Gasteiger charge is -2.26. The van der Waals surface area contributed by atoms with E-state index in [0.717, 1.165) is 78.4 Å². The Kier molecular flexibility index (Phi) is 5.70. The van der Waals surface area contributed by atoms with Crippen LogP contribution >= 0.6 is 0 Å². The molecular formula is C26H30N4O2. The minimum atomic E-state index is 0.0255. The summed E-state index contributed by atoms with van der Waals surface area (Å²) in [6.45, 7) is 3.22. The zero-order valence-electron chi connectivity index (χ0n) is 18.8. The van der Waals surface area contributed by atoms with Crippen molar-refractivity contribution in [2.75, 3.05) is 38.8 Å². The summed E-state index contributed by atoms with van der Waals surface area (Å²) in [5.74, 6) is 0.573. The van der Waals surface area contributed by atoms with E-state index in [4.69, 9.17) is 4.74 Å². The third-order valence-corrected chi connectivity index (χ3v) is 6.63. The first-order valence-corrected chi connectivity index (χ1v) is 11.4. The van der Waals surface area contributed by atoms with Gasteiger partial charge in [-0.2, -0.15) is 0 Å². The van der Waals surface area contributed by atoms with Crippen LogP contribution in [-0.2, 0) is 17.7 Å². The number of rotatable bonds is 5. The van der Waals surface area contributed by atoms with Gasteiger partial charge in [-0.3, -0.25) is 9.78 Å². The Hall–Kier alpha value is -3.12. The first kappa shape index (κ1) is 20.8. The van der Waals surface area contributed by atoms with Crippen LogP contribution in [0, 0.1) is 5.92 Å². The summed E-state index contributed by atoms with van der Waals surface area (Å²) < 4.78 is 8.03. The van der Waals surface area contributed by atoms with Gasteiger partial charge in [-0.1, -0.05) is 12.1 Å². The van der Waals surface area contributed by atoms with Crippen molar-refractivity contribution in [2.45, 2.75) is 25.8 Å². The first-order chi connectivity index (χ1) is 15.6. The van der Waals surface area contributed by atoms with Crippen molar-refractivity contribution in [2.24, 2.45) is 5.92 Å². The molecule has 0 atom stereocenters. The lowest BCUT2D eigenvalue weighted by molar-refractivity contribution is 0.0611. The van der Waals surface area contributed by atoms with E-state index in [1.165, 1.54) is 0 Å². The van der Waals surface area contributed by atoms with Gasteiger partial charge in [-0.05, 0) is 48.6 Å². The summed E-state index contributed by atoms with van der Waals surface area (Å²) in [7, 11) is 4.09. The third-order valence-electron chi connectivity index (χ3n) is 6.63. The highest BCUT2D eigenvalue weighted by molar-refractivity contribution is 6.07. The third kappa shape index (κ3) is 3.79. The van der Waals surface area contributed by atoms with Crippen LogP contribution < -0.4 is 10.2 Å². The van der Waals surface area contributed by atoms with Gasteiger partial charge in [0.05, 0.1) is 11.3 Å². The highest BCUT2D eigenvalue weighted by atomic mass is 16.5. The monoisotopic (exact) mass is 430 g/mol. The van der Waals surface area contributed by atoms with Crippen LogP contribution in [0.5, 0.6) is 0 Å². The lowest BCUT2D eigenvalue weighted by Crippen LogP contribution is -2.33. The van der Waals surface area contributed by atoms with Crippen LogP contribution in [0.2, 0.25) is 0 Å². The summed E-state index contributed by atoms with van der Waals surface area (Å²) in [5, 5.41) is 3.09. The van der Waals surface area contributed by atoms with Gasteiger partial charge >= 0.3 is 0 Å². The minimum Gasteiger partial charge on any atom is -0.381 e. The molecular weight excluding hydrogens is 400 g/mol. The number of fused-ring (bicyclic) bond motifs is 1. The van der Waals surface area contributed by atoms with Gasteiger partial charge in [0.1, 0.15) is 0 Å². The second-order valence-corrected chi connectivity index (χ2v) is 8.90. The number of amides is 1. The van der Waals surface area contributed by atoms with Crippen molar-refractivity contribution in [3.63, 3.8) is 0 Å². The maximum atomic E-state index is 13.2. The Balaban J connectivity index is 1.76. The van der Waals surface area contributed by atoms with Gasteiger partial charge in [-0.25, -0.2) is 0 Å². The number of carbonyl (C=O) groups excluding carboxylic acids is 1. The normalized spacial score (nSPS) is 16.5. The number of pyridine rings is 1. The fraction of sp³-hybridized carbons (Fsp3) is 0.385. The summed E-state index contributed by atoms with van der Waals surface area (Å²) in [5.41, 5.74) is 7.41. The van der Waals surface area contributed by atoms with Gasteiger partial charge in [-0.15, -0.1) is 0 Å². The highest BCUT2D eigenvalue weighted by Crippen LogP contribution is 2.42. The Morgan fingerprint density at radius 2 is 1.88 bits per heavy atom. The van der Waals surface area contributed by atoms with Crippen molar-refractivity contribution in [1.29, 1.82) is 0 Å². The van der Waals surface area contributed by atoms with Crippen molar-refractivity contribution in [3.8, 4) is 22.4 Å². The number of anilines is 1. The molecule has 5 rings (SSSR count). The SMILES string of the molecule is CN(C)c1cccc(-c2c3c(n(CC4CCOCC4)c2-c2ccncc2)CCNC3=O)c1. The average molecular weight is 431 g/mol. The van der Waals surface area contributed by atoms with Crippen LogP contribution in [0.4, 0.5) is 5.69 Å². The van der Waals surface area contributed by atoms with E-state index in [-0.39, 0.29) is 5.91 Å². The molecule has 0 aliphatic carbocycles. The molecule has 0 bridgehead atoms. The largest absolute Gasteiger partial charge is 0.381 e. The fourth-order valence-corrected chi connectivity index (χ4v) is 4.97. The van der Waals surface area contributed by atoms with Crippen molar-refractivity contribution < 1.29 is 9.53 Å². The molecule has 1 aromatic carbocycles. The quantitative estimate of drug-likeness (QED) is 0.665. The predicted octanol–water partition coefficient (Wildman–Crippen LogP) is 4.00. The minimum absolute atomic E-state index is 0.0255. The number of hydrogen-bond donors (Lipinski definition) is 1. The molecule has 3 aromatic rings. The van der Waals surface area contributed by atoms with E-state index in [1.807, 2.05) is 26.5 Å². The molecule has 0 unspecified atom stereocenters. The predicted molar refractivity (Wildman–Crippen MR) is 127 cm³/mol. The number of nitrogens with zero attached hydrogens (tertiary/aromatic N) is 3. The second kappa shape index (κ2) is 8.79. The molecule has 1 N–H and O–H groups in total. The van der Waals surface area contributed by atoms with E-state index in [0.29, 0.717) is 12.5 Å². The van der Waals surface area contributed by atoms with Gasteiger partial charge in [0.15, 0.2) is 0 Å². The van der Waals surface area contributed by atoms with E-state index in [1.54, 1.807) is 0 Å². The summed E-state index contributed by atoms with van der Waals surface area (Å²) in [4.78, 5) is 19.6. The molecule has 2 aliphatic heterocycles. The highest BCUT2D eigenvalue weighted by Gasteiger charge is 2.32. The molecule has 2 aliphatic rings. The van der Waals surface area contributed by atoms with Crippen LogP contribution in [0.25, 0.3) is 22.4 Å². The standard InChI is InChI=1S/C26H30N4O2/c1-29(2)21-5-3-4-20(16-21)23-24-22(8-13-28-26(24)31)30(17-18-9-14-32-15-10-18)25(23)19-6-11-27-12-7-19/h3-7,11-12,16,18H,8-10,13-15,17H2,1-2H3,(H,28,31). The number of hydrogen-bond acceptors (Lipinski definition) is 4. The fourth-order valence-electron chi connectivity index (χ4n) is 4.97. The van der Waals surface area contributed by atoms with E-state index in [2.05, 4.69) is 56.2 Å². The number of benzene rings is 1. The van der Waals surface area contributed by atoms with E-state index in [9.17, 15) is 4.79 Å². The van der Waals surface area contributed by atoms with Crippen molar-refractivity contribution >= 4 is 11.6 Å². The molecule has 32 heavy (non-hydrogen) atoms. The maximum absolute atomic E-state index is 13.2. The van der Waals surface area contributed by atoms with Gasteiger partial charge in [0.25, 0.3) is 5.91 Å². The van der Waals surface area contributed by atoms with Crippen LogP contribution in [0.3, 0.4) is 0 Å². The zero-order valence-corrected chi connectivity index (χ0v) is 18.8. The maximum Gasteiger partial charge on any atom is 0.253 e. The Bertz CT molecular complexity index is 1110. The van der Waals surface area contributed by atoms with Crippen LogP contribution in [0.15, 0.2) is 48.8 Å². The molecule has 1 saturated heterocycles. The van der Waals surface area contributed by atoms with Crippen LogP contribution in [-0.4, -0.2) is 49.3 Å². The number of ether oxygens (including phenoxy) is 1. The van der Waals surface area contributed by atoms with Crippen molar-refractivity contribution in [1.82, 2.24) is 14.9 Å². The Morgan fingerprint density at radius 1 is 1.09 bits per heavy atom. The smallest absolute Gasteiger partial charge is 0.253 e. The molecule has 2 aromatic heterocycles. The second-order valence-electron chi connectivity index (χ2n) is 8.90. The van der Waals surface area contributed by atoms with Gasteiger partial charge < -0.3 is 19.5 Å². The summed E-state index contributed by atoms with van der Waals surface area (Å²) in [6.07, 6.45) is 6.62. The Labute approximate surface area is 189 Å². The van der Waals surface area contributed by atoms with Gasteiger partial charge in [0.2, 0.25) is 0 Å². The zero-order chi connectivity index (χ0) is 22.1. The Morgan fingerprint density at radius 3 is 2.62 bits per heavy atom. The molecule has 166 valence electrons. The molecule has 6 heteroatoms. The molecule has 4 heterocycles. The number of aromatic nitrogens is 2. The molecule has 0 spiro atoms. The van der Waals surface area contributed by atoms with E-state index >= 15 is 0 Å². The molecule has 6 nitrogen and oxygen atoms in total. The number of nitrogens with one attached hydrogen (secondary N) is 1. The molecule has 0 saturated carbocycles. The molecule has 1 amide bonds. The van der Waals surface area contributed by atoms with Crippen LogP contribution in [0.1, 0.15) is 28.9 Å². The lowest BCUT2D eigenvalue weighted by atomic mass is 9.94. The van der Waals surface area contributed by atoms with Gasteiger partial charge in [0, 0.05) is 81.7 Å². The number of carbonyl (C=O) groups is 1. The topological polar surface area (TPSA) is 59.4 Å². The van der Waals surface area contributed by atoms with Crippen molar-refractivity contribution in [3.05, 3.63) is 60.0 Å². The summed E-state index contributed by atoms with van der Waals surface area (Å²) in [6, 6.07) is 12.6. The molecule has 0 radical (unpaired) electrons. The first-order valence-electron chi connectivity index (χ1n) is 11.4. The van der Waals surface area contributed by atoms with E-state index < -0.39 is 0 Å². The molecule has 1 fully saturated rings. The average Bonchev–Trinajstić information content (AvgIpc) is 3.16.